The molecule has 9 nitrogen and oxygen atoms in total. The van der Waals surface area contributed by atoms with E-state index in [0.717, 1.165) is 17.3 Å². The quantitative estimate of drug-likeness (QED) is 0.330. The molecule has 138 valence electrons. The van der Waals surface area contributed by atoms with Gasteiger partial charge in [-0.05, 0) is 30.0 Å². The summed E-state index contributed by atoms with van der Waals surface area (Å²) in [5.41, 5.74) is 0.909. The molecule has 3 aromatic rings. The highest BCUT2D eigenvalue weighted by Gasteiger charge is 2.20. The number of benzene rings is 1. The van der Waals surface area contributed by atoms with Crippen molar-refractivity contribution in [3.05, 3.63) is 58.4 Å². The minimum absolute atomic E-state index is 0.156. The van der Waals surface area contributed by atoms with Crippen LogP contribution in [0.15, 0.2) is 52.8 Å². The number of methoxy groups -OCH3 is 1. The van der Waals surface area contributed by atoms with E-state index in [1.54, 1.807) is 19.5 Å². The number of nitro groups is 1. The molecule has 0 aliphatic heterocycles. The zero-order valence-corrected chi connectivity index (χ0v) is 15.1. The molecule has 0 amide bonds. The van der Waals surface area contributed by atoms with Crippen LogP contribution in [-0.4, -0.2) is 44.7 Å². The van der Waals surface area contributed by atoms with Crippen molar-refractivity contribution in [3.63, 3.8) is 0 Å². The fraction of sp³-hybridized carbons (Fsp3) is 0.176. The van der Waals surface area contributed by atoms with E-state index < -0.39 is 4.92 Å². The van der Waals surface area contributed by atoms with Crippen molar-refractivity contribution in [2.24, 2.45) is 0 Å². The summed E-state index contributed by atoms with van der Waals surface area (Å²) in [4.78, 5) is 26.1. The lowest BCUT2D eigenvalue weighted by molar-refractivity contribution is -0.387. The van der Waals surface area contributed by atoms with Gasteiger partial charge in [0.05, 0.1) is 23.0 Å². The Morgan fingerprint density at radius 2 is 2.04 bits per heavy atom. The summed E-state index contributed by atoms with van der Waals surface area (Å²) in [7, 11) is 1.59. The van der Waals surface area contributed by atoms with Gasteiger partial charge >= 0.3 is 0 Å². The summed E-state index contributed by atoms with van der Waals surface area (Å²) >= 11 is 1.11. The SMILES string of the molecule is COCCn1c(Sc2ccc(C=O)cc2[N+](=O)[O-])nnc1-c1ccncc1. The molecule has 1 aromatic carbocycles. The van der Waals surface area contributed by atoms with E-state index in [2.05, 4.69) is 15.2 Å². The first-order chi connectivity index (χ1) is 13.1. The second-order valence-electron chi connectivity index (χ2n) is 5.39. The Bertz CT molecular complexity index is 961. The third kappa shape index (κ3) is 4.18. The minimum atomic E-state index is -0.519. The molecule has 0 aliphatic rings. The van der Waals surface area contributed by atoms with Crippen LogP contribution in [0, 0.1) is 10.1 Å². The number of hydrogen-bond acceptors (Lipinski definition) is 8. The van der Waals surface area contributed by atoms with Gasteiger partial charge in [-0.1, -0.05) is 6.07 Å². The van der Waals surface area contributed by atoms with Crippen LogP contribution in [0.3, 0.4) is 0 Å². The van der Waals surface area contributed by atoms with Gasteiger partial charge in [-0.3, -0.25) is 24.5 Å². The van der Waals surface area contributed by atoms with Gasteiger partial charge < -0.3 is 4.74 Å². The maximum absolute atomic E-state index is 11.4. The van der Waals surface area contributed by atoms with E-state index in [9.17, 15) is 14.9 Å². The van der Waals surface area contributed by atoms with Crippen molar-refractivity contribution in [1.82, 2.24) is 19.7 Å². The van der Waals surface area contributed by atoms with Crippen LogP contribution >= 0.6 is 11.8 Å². The Balaban J connectivity index is 2.01. The van der Waals surface area contributed by atoms with E-state index in [1.807, 2.05) is 16.7 Å². The molecule has 0 saturated heterocycles. The van der Waals surface area contributed by atoms with E-state index >= 15 is 0 Å². The Morgan fingerprint density at radius 3 is 2.70 bits per heavy atom. The number of carbonyl (C=O) groups is 1. The smallest absolute Gasteiger partial charge is 0.284 e. The molecular weight excluding hydrogens is 370 g/mol. The molecule has 2 aromatic heterocycles. The number of rotatable bonds is 8. The zero-order chi connectivity index (χ0) is 19.2. The monoisotopic (exact) mass is 385 g/mol. The second-order valence-corrected chi connectivity index (χ2v) is 6.40. The topological polar surface area (TPSA) is 113 Å². The molecule has 2 heterocycles. The summed E-state index contributed by atoms with van der Waals surface area (Å²) in [5.74, 6) is 0.615. The maximum Gasteiger partial charge on any atom is 0.284 e. The first kappa shape index (κ1) is 18.7. The van der Waals surface area contributed by atoms with Crippen LogP contribution in [0.2, 0.25) is 0 Å². The molecule has 0 saturated carbocycles. The number of pyridine rings is 1. The molecule has 0 radical (unpaired) electrons. The van der Waals surface area contributed by atoms with Gasteiger partial charge in [0.15, 0.2) is 11.0 Å². The van der Waals surface area contributed by atoms with Crippen molar-refractivity contribution in [2.45, 2.75) is 16.6 Å². The predicted molar refractivity (Wildman–Crippen MR) is 97.7 cm³/mol. The normalized spacial score (nSPS) is 10.7. The highest BCUT2D eigenvalue weighted by Crippen LogP contribution is 2.35. The van der Waals surface area contributed by atoms with Gasteiger partial charge in [0, 0.05) is 36.7 Å². The Morgan fingerprint density at radius 1 is 1.26 bits per heavy atom. The molecule has 0 bridgehead atoms. The molecule has 0 atom stereocenters. The lowest BCUT2D eigenvalue weighted by Crippen LogP contribution is -2.07. The van der Waals surface area contributed by atoms with Crippen molar-refractivity contribution in [3.8, 4) is 11.4 Å². The number of hydrogen-bond donors (Lipinski definition) is 0. The average Bonchev–Trinajstić information content (AvgIpc) is 3.09. The summed E-state index contributed by atoms with van der Waals surface area (Å²) in [5, 5.41) is 20.3. The molecular formula is C17H15N5O4S. The number of ether oxygens (including phenoxy) is 1. The van der Waals surface area contributed by atoms with Gasteiger partial charge in [0.1, 0.15) is 6.29 Å². The molecule has 0 aliphatic carbocycles. The van der Waals surface area contributed by atoms with Crippen LogP contribution in [0.1, 0.15) is 10.4 Å². The van der Waals surface area contributed by atoms with Crippen LogP contribution < -0.4 is 0 Å². The third-order valence-electron chi connectivity index (χ3n) is 3.69. The first-order valence-corrected chi connectivity index (χ1v) is 8.69. The van der Waals surface area contributed by atoms with Crippen LogP contribution in [0.5, 0.6) is 0 Å². The van der Waals surface area contributed by atoms with Crippen molar-refractivity contribution in [2.75, 3.05) is 13.7 Å². The molecule has 0 N–H and O–H groups in total. The van der Waals surface area contributed by atoms with E-state index in [4.69, 9.17) is 4.74 Å². The van der Waals surface area contributed by atoms with E-state index in [-0.39, 0.29) is 11.3 Å². The number of nitrogens with zero attached hydrogens (tertiary/aromatic N) is 5. The van der Waals surface area contributed by atoms with Crippen LogP contribution in [0.25, 0.3) is 11.4 Å². The highest BCUT2D eigenvalue weighted by atomic mass is 32.2. The first-order valence-electron chi connectivity index (χ1n) is 7.88. The van der Waals surface area contributed by atoms with Gasteiger partial charge in [-0.2, -0.15) is 0 Å². The van der Waals surface area contributed by atoms with Crippen molar-refractivity contribution >= 4 is 23.7 Å². The summed E-state index contributed by atoms with van der Waals surface area (Å²) in [6, 6.07) is 7.93. The summed E-state index contributed by atoms with van der Waals surface area (Å²) in [6.45, 7) is 0.902. The Labute approximate surface area is 158 Å². The lowest BCUT2D eigenvalue weighted by atomic mass is 10.2. The fourth-order valence-corrected chi connectivity index (χ4v) is 3.34. The van der Waals surface area contributed by atoms with Gasteiger partial charge in [-0.25, -0.2) is 0 Å². The van der Waals surface area contributed by atoms with E-state index in [1.165, 1.54) is 18.2 Å². The molecule has 3 rings (SSSR count). The van der Waals surface area contributed by atoms with Gasteiger partial charge in [-0.15, -0.1) is 10.2 Å². The van der Waals surface area contributed by atoms with Crippen LogP contribution in [0.4, 0.5) is 5.69 Å². The number of aromatic nitrogens is 4. The fourth-order valence-electron chi connectivity index (χ4n) is 2.40. The minimum Gasteiger partial charge on any atom is -0.383 e. The van der Waals surface area contributed by atoms with Crippen molar-refractivity contribution < 1.29 is 14.5 Å². The standard InChI is InChI=1S/C17H15N5O4S/c1-26-9-8-21-16(13-4-6-18-7-5-13)19-20-17(21)27-15-3-2-12(11-23)10-14(15)22(24)25/h2-7,10-11H,8-9H2,1H3. The zero-order valence-electron chi connectivity index (χ0n) is 14.3. The maximum atomic E-state index is 11.4. The van der Waals surface area contributed by atoms with Gasteiger partial charge in [0.2, 0.25) is 0 Å². The second kappa shape index (κ2) is 8.52. The molecule has 0 fully saturated rings. The summed E-state index contributed by atoms with van der Waals surface area (Å²) < 4.78 is 6.99. The summed E-state index contributed by atoms with van der Waals surface area (Å²) in [6.07, 6.45) is 3.88. The Kier molecular flexibility index (Phi) is 5.89. The van der Waals surface area contributed by atoms with Gasteiger partial charge in [0.25, 0.3) is 5.69 Å². The number of nitro benzene ring substituents is 1. The van der Waals surface area contributed by atoms with E-state index in [0.29, 0.717) is 35.3 Å². The lowest BCUT2D eigenvalue weighted by Gasteiger charge is -2.10. The average molecular weight is 385 g/mol. The largest absolute Gasteiger partial charge is 0.383 e. The molecule has 0 unspecified atom stereocenters. The predicted octanol–water partition coefficient (Wildman–Crippen LogP) is 2.86. The Hall–Kier alpha value is -3.11. The van der Waals surface area contributed by atoms with Crippen molar-refractivity contribution in [1.29, 1.82) is 0 Å². The highest BCUT2D eigenvalue weighted by molar-refractivity contribution is 7.99. The molecule has 0 spiro atoms. The van der Waals surface area contributed by atoms with Crippen LogP contribution in [-0.2, 0) is 11.3 Å². The molecule has 10 heteroatoms. The third-order valence-corrected chi connectivity index (χ3v) is 4.74. The number of aldehydes is 1. The number of carbonyl (C=O) groups excluding carboxylic acids is 1. The molecule has 27 heavy (non-hydrogen) atoms.